The van der Waals surface area contributed by atoms with Crippen LogP contribution in [-0.2, 0) is 14.1 Å². The van der Waals surface area contributed by atoms with Gasteiger partial charge in [0.2, 0.25) is 0 Å². The molecule has 1 aromatic carbocycles. The molecule has 0 amide bonds. The lowest BCUT2D eigenvalue weighted by Gasteiger charge is -2.04. The predicted molar refractivity (Wildman–Crippen MR) is 76.8 cm³/mol. The number of aryl methyl sites for hydroxylation is 3. The van der Waals surface area contributed by atoms with Crippen LogP contribution < -0.4 is 5.73 Å². The fourth-order valence-electron chi connectivity index (χ4n) is 2.52. The first-order chi connectivity index (χ1) is 8.99. The van der Waals surface area contributed by atoms with Crippen LogP contribution in [0.1, 0.15) is 11.4 Å². The highest BCUT2D eigenvalue weighted by molar-refractivity contribution is 5.83. The number of fused-ring (bicyclic) bond motifs is 1. The van der Waals surface area contributed by atoms with Crippen molar-refractivity contribution in [1.29, 1.82) is 0 Å². The second-order valence-electron chi connectivity index (χ2n) is 4.90. The Morgan fingerprint density at radius 3 is 2.53 bits per heavy atom. The molecular weight excluding hydrogens is 238 g/mol. The molecule has 0 aliphatic carbocycles. The van der Waals surface area contributed by atoms with Crippen LogP contribution in [0.4, 0.5) is 5.82 Å². The fraction of sp³-hybridized carbons (Fsp3) is 0.286. The topological polar surface area (TPSA) is 61.7 Å². The summed E-state index contributed by atoms with van der Waals surface area (Å²) in [6.07, 6.45) is 0. The number of imidazole rings is 1. The lowest BCUT2D eigenvalue weighted by Crippen LogP contribution is -1.95. The second-order valence-corrected chi connectivity index (χ2v) is 4.90. The van der Waals surface area contributed by atoms with Gasteiger partial charge in [-0.05, 0) is 26.0 Å². The highest BCUT2D eigenvalue weighted by atomic mass is 15.3. The molecular formula is C14H17N5. The Hall–Kier alpha value is -2.30. The highest BCUT2D eigenvalue weighted by Crippen LogP contribution is 2.29. The molecule has 2 N–H and O–H groups in total. The Bertz CT molecular complexity index is 779. The number of benzene rings is 1. The van der Waals surface area contributed by atoms with E-state index in [2.05, 4.69) is 32.8 Å². The standard InChI is InChI=1S/C14H17N5/c1-8-13(19(4)17-14(8)15)10-5-6-12-11(7-10)16-9(2)18(12)3/h5-7H,1-4H3,(H2,15,17). The van der Waals surface area contributed by atoms with Crippen LogP contribution in [0.2, 0.25) is 0 Å². The van der Waals surface area contributed by atoms with Crippen LogP contribution in [0.15, 0.2) is 18.2 Å². The minimum absolute atomic E-state index is 0.579. The summed E-state index contributed by atoms with van der Waals surface area (Å²) >= 11 is 0. The maximum Gasteiger partial charge on any atom is 0.148 e. The lowest BCUT2D eigenvalue weighted by molar-refractivity contribution is 0.780. The third kappa shape index (κ3) is 1.62. The van der Waals surface area contributed by atoms with Gasteiger partial charge in [0.05, 0.1) is 16.7 Å². The molecule has 0 saturated carbocycles. The van der Waals surface area contributed by atoms with Crippen LogP contribution >= 0.6 is 0 Å². The molecule has 98 valence electrons. The van der Waals surface area contributed by atoms with E-state index < -0.39 is 0 Å². The summed E-state index contributed by atoms with van der Waals surface area (Å²) < 4.78 is 3.91. The molecule has 0 saturated heterocycles. The monoisotopic (exact) mass is 255 g/mol. The molecule has 3 aromatic rings. The molecule has 5 nitrogen and oxygen atoms in total. The van der Waals surface area contributed by atoms with E-state index >= 15 is 0 Å². The molecule has 2 aromatic heterocycles. The number of nitrogen functional groups attached to an aromatic ring is 1. The number of rotatable bonds is 1. The van der Waals surface area contributed by atoms with Crippen molar-refractivity contribution in [3.8, 4) is 11.3 Å². The van der Waals surface area contributed by atoms with Crippen molar-refractivity contribution < 1.29 is 0 Å². The minimum atomic E-state index is 0.579. The molecule has 5 heteroatoms. The van der Waals surface area contributed by atoms with Gasteiger partial charge in [-0.3, -0.25) is 4.68 Å². The number of hydrogen-bond donors (Lipinski definition) is 1. The van der Waals surface area contributed by atoms with Crippen molar-refractivity contribution in [2.45, 2.75) is 13.8 Å². The molecule has 0 bridgehead atoms. The minimum Gasteiger partial charge on any atom is -0.382 e. The molecule has 0 spiro atoms. The zero-order chi connectivity index (χ0) is 13.7. The van der Waals surface area contributed by atoms with Gasteiger partial charge < -0.3 is 10.3 Å². The molecule has 0 aliphatic heterocycles. The Balaban J connectivity index is 2.26. The van der Waals surface area contributed by atoms with Crippen molar-refractivity contribution in [3.63, 3.8) is 0 Å². The molecule has 19 heavy (non-hydrogen) atoms. The summed E-state index contributed by atoms with van der Waals surface area (Å²) in [6.45, 7) is 4.00. The van der Waals surface area contributed by atoms with E-state index in [0.717, 1.165) is 33.7 Å². The number of nitrogens with two attached hydrogens (primary N) is 1. The normalized spacial score (nSPS) is 11.4. The van der Waals surface area contributed by atoms with Crippen molar-refractivity contribution in [2.24, 2.45) is 14.1 Å². The average molecular weight is 255 g/mol. The molecule has 0 atom stereocenters. The van der Waals surface area contributed by atoms with Crippen LogP contribution in [0.3, 0.4) is 0 Å². The predicted octanol–water partition coefficient (Wildman–Crippen LogP) is 2.17. The molecule has 0 radical (unpaired) electrons. The molecule has 0 unspecified atom stereocenters. The van der Waals surface area contributed by atoms with Crippen molar-refractivity contribution in [3.05, 3.63) is 29.6 Å². The smallest absolute Gasteiger partial charge is 0.148 e. The second kappa shape index (κ2) is 3.85. The van der Waals surface area contributed by atoms with E-state index in [1.807, 2.05) is 32.6 Å². The first-order valence-electron chi connectivity index (χ1n) is 6.21. The quantitative estimate of drug-likeness (QED) is 0.725. The zero-order valence-electron chi connectivity index (χ0n) is 11.6. The van der Waals surface area contributed by atoms with Gasteiger partial charge >= 0.3 is 0 Å². The highest BCUT2D eigenvalue weighted by Gasteiger charge is 2.13. The molecule has 0 aliphatic rings. The summed E-state index contributed by atoms with van der Waals surface area (Å²) in [5, 5.41) is 4.26. The Morgan fingerprint density at radius 2 is 1.89 bits per heavy atom. The summed E-state index contributed by atoms with van der Waals surface area (Å²) in [6, 6.07) is 6.27. The third-order valence-electron chi connectivity index (χ3n) is 3.70. The fourth-order valence-corrected chi connectivity index (χ4v) is 2.52. The summed E-state index contributed by atoms with van der Waals surface area (Å²) in [5.74, 6) is 1.59. The number of nitrogens with zero attached hydrogens (tertiary/aromatic N) is 4. The van der Waals surface area contributed by atoms with Crippen molar-refractivity contribution in [2.75, 3.05) is 5.73 Å². The Kier molecular flexibility index (Phi) is 2.38. The number of anilines is 1. The maximum atomic E-state index is 5.87. The van der Waals surface area contributed by atoms with Gasteiger partial charge in [0, 0.05) is 25.2 Å². The van der Waals surface area contributed by atoms with Crippen molar-refractivity contribution >= 4 is 16.9 Å². The summed E-state index contributed by atoms with van der Waals surface area (Å²) in [7, 11) is 3.93. The van der Waals surface area contributed by atoms with Crippen LogP contribution in [-0.4, -0.2) is 19.3 Å². The van der Waals surface area contributed by atoms with E-state index in [4.69, 9.17) is 5.73 Å². The van der Waals surface area contributed by atoms with Gasteiger partial charge in [-0.15, -0.1) is 0 Å². The molecule has 2 heterocycles. The van der Waals surface area contributed by atoms with E-state index in [-0.39, 0.29) is 0 Å². The van der Waals surface area contributed by atoms with E-state index in [1.165, 1.54) is 0 Å². The van der Waals surface area contributed by atoms with E-state index in [0.29, 0.717) is 5.82 Å². The van der Waals surface area contributed by atoms with Gasteiger partial charge in [0.1, 0.15) is 11.6 Å². The van der Waals surface area contributed by atoms with Gasteiger partial charge in [-0.1, -0.05) is 6.07 Å². The maximum absolute atomic E-state index is 5.87. The lowest BCUT2D eigenvalue weighted by atomic mass is 10.1. The molecule has 3 rings (SSSR count). The van der Waals surface area contributed by atoms with Gasteiger partial charge in [0.25, 0.3) is 0 Å². The van der Waals surface area contributed by atoms with E-state index in [9.17, 15) is 0 Å². The SMILES string of the molecule is Cc1c(N)nn(C)c1-c1ccc2c(c1)nc(C)n2C. The first kappa shape index (κ1) is 11.8. The Labute approximate surface area is 111 Å². The summed E-state index contributed by atoms with van der Waals surface area (Å²) in [4.78, 5) is 4.57. The number of aromatic nitrogens is 4. The van der Waals surface area contributed by atoms with Gasteiger partial charge in [-0.2, -0.15) is 5.10 Å². The molecule has 0 fully saturated rings. The van der Waals surface area contributed by atoms with Crippen LogP contribution in [0.25, 0.3) is 22.3 Å². The Morgan fingerprint density at radius 1 is 1.16 bits per heavy atom. The third-order valence-corrected chi connectivity index (χ3v) is 3.70. The van der Waals surface area contributed by atoms with Crippen LogP contribution in [0, 0.1) is 13.8 Å². The number of hydrogen-bond acceptors (Lipinski definition) is 3. The van der Waals surface area contributed by atoms with Crippen LogP contribution in [0.5, 0.6) is 0 Å². The summed E-state index contributed by atoms with van der Waals surface area (Å²) in [5.41, 5.74) is 11.1. The zero-order valence-corrected chi connectivity index (χ0v) is 11.6. The average Bonchev–Trinajstić information content (AvgIpc) is 2.78. The van der Waals surface area contributed by atoms with E-state index in [1.54, 1.807) is 0 Å². The first-order valence-corrected chi connectivity index (χ1v) is 6.21. The largest absolute Gasteiger partial charge is 0.382 e. The van der Waals surface area contributed by atoms with Gasteiger partial charge in [0.15, 0.2) is 0 Å². The van der Waals surface area contributed by atoms with Gasteiger partial charge in [-0.25, -0.2) is 4.98 Å². The van der Waals surface area contributed by atoms with Crippen molar-refractivity contribution in [1.82, 2.24) is 19.3 Å².